The SMILES string of the molecule is O=C(/C=C/c1ccccc1)Nc1ccccc1S. The van der Waals surface area contributed by atoms with Gasteiger partial charge in [-0.2, -0.15) is 0 Å². The molecule has 18 heavy (non-hydrogen) atoms. The van der Waals surface area contributed by atoms with Gasteiger partial charge in [0.2, 0.25) is 5.91 Å². The Balaban J connectivity index is 2.02. The number of hydrogen-bond acceptors (Lipinski definition) is 2. The highest BCUT2D eigenvalue weighted by Crippen LogP contribution is 2.18. The van der Waals surface area contributed by atoms with Gasteiger partial charge in [-0.15, -0.1) is 12.6 Å². The highest BCUT2D eigenvalue weighted by Gasteiger charge is 2.00. The average Bonchev–Trinajstić information content (AvgIpc) is 2.40. The molecule has 2 rings (SSSR count). The van der Waals surface area contributed by atoms with Gasteiger partial charge in [0.05, 0.1) is 5.69 Å². The molecule has 2 aromatic carbocycles. The number of rotatable bonds is 3. The lowest BCUT2D eigenvalue weighted by Crippen LogP contribution is -2.08. The topological polar surface area (TPSA) is 29.1 Å². The van der Waals surface area contributed by atoms with Crippen LogP contribution in [0.1, 0.15) is 5.56 Å². The quantitative estimate of drug-likeness (QED) is 0.636. The van der Waals surface area contributed by atoms with Gasteiger partial charge in [0.25, 0.3) is 0 Å². The summed E-state index contributed by atoms with van der Waals surface area (Å²) in [4.78, 5) is 12.5. The third-order valence-electron chi connectivity index (χ3n) is 2.39. The molecule has 0 unspecified atom stereocenters. The Bertz CT molecular complexity index is 564. The van der Waals surface area contributed by atoms with Gasteiger partial charge >= 0.3 is 0 Å². The second kappa shape index (κ2) is 6.07. The predicted octanol–water partition coefficient (Wildman–Crippen LogP) is 3.63. The first-order valence-electron chi connectivity index (χ1n) is 5.58. The number of carbonyl (C=O) groups excluding carboxylic acids is 1. The largest absolute Gasteiger partial charge is 0.321 e. The van der Waals surface area contributed by atoms with Crippen molar-refractivity contribution in [3.8, 4) is 0 Å². The number of thiol groups is 1. The Labute approximate surface area is 112 Å². The van der Waals surface area contributed by atoms with Crippen molar-refractivity contribution in [2.45, 2.75) is 4.90 Å². The van der Waals surface area contributed by atoms with E-state index in [1.807, 2.05) is 54.6 Å². The standard InChI is InChI=1S/C15H13NOS/c17-15(11-10-12-6-2-1-3-7-12)16-13-8-4-5-9-14(13)18/h1-11,18H,(H,16,17)/b11-10+. The smallest absolute Gasteiger partial charge is 0.248 e. The summed E-state index contributed by atoms with van der Waals surface area (Å²) in [7, 11) is 0. The first kappa shape index (κ1) is 12.5. The average molecular weight is 255 g/mol. The molecule has 0 fully saturated rings. The van der Waals surface area contributed by atoms with E-state index < -0.39 is 0 Å². The van der Waals surface area contributed by atoms with Gasteiger partial charge in [-0.1, -0.05) is 42.5 Å². The number of benzene rings is 2. The third kappa shape index (κ3) is 3.50. The van der Waals surface area contributed by atoms with E-state index in [0.29, 0.717) is 5.69 Å². The highest BCUT2D eigenvalue weighted by atomic mass is 32.1. The van der Waals surface area contributed by atoms with Crippen LogP contribution in [0.2, 0.25) is 0 Å². The van der Waals surface area contributed by atoms with Gasteiger partial charge in [-0.05, 0) is 23.8 Å². The molecule has 2 nitrogen and oxygen atoms in total. The number of para-hydroxylation sites is 1. The maximum absolute atomic E-state index is 11.7. The van der Waals surface area contributed by atoms with Crippen molar-refractivity contribution in [3.05, 3.63) is 66.2 Å². The van der Waals surface area contributed by atoms with Crippen LogP contribution in [0.3, 0.4) is 0 Å². The lowest BCUT2D eigenvalue weighted by molar-refractivity contribution is -0.111. The lowest BCUT2D eigenvalue weighted by atomic mass is 10.2. The number of hydrogen-bond donors (Lipinski definition) is 2. The molecular formula is C15H13NOS. The molecule has 1 N–H and O–H groups in total. The van der Waals surface area contributed by atoms with E-state index in [-0.39, 0.29) is 5.91 Å². The molecule has 0 atom stereocenters. The molecule has 0 aliphatic rings. The maximum Gasteiger partial charge on any atom is 0.248 e. The molecule has 90 valence electrons. The molecule has 0 heterocycles. The van der Waals surface area contributed by atoms with Crippen LogP contribution in [0.5, 0.6) is 0 Å². The fourth-order valence-electron chi connectivity index (χ4n) is 1.49. The number of nitrogens with one attached hydrogen (secondary N) is 1. The molecule has 0 aromatic heterocycles. The molecule has 0 aliphatic carbocycles. The van der Waals surface area contributed by atoms with Crippen molar-refractivity contribution in [1.82, 2.24) is 0 Å². The van der Waals surface area contributed by atoms with E-state index in [2.05, 4.69) is 17.9 Å². The zero-order chi connectivity index (χ0) is 12.8. The first-order valence-corrected chi connectivity index (χ1v) is 6.02. The van der Waals surface area contributed by atoms with E-state index in [1.54, 1.807) is 6.08 Å². The molecule has 0 spiro atoms. The Hall–Kier alpha value is -2.00. The summed E-state index contributed by atoms with van der Waals surface area (Å²) in [6, 6.07) is 17.1. The van der Waals surface area contributed by atoms with Gasteiger partial charge in [0, 0.05) is 11.0 Å². The van der Waals surface area contributed by atoms with Crippen molar-refractivity contribution in [3.63, 3.8) is 0 Å². The van der Waals surface area contributed by atoms with Crippen molar-refractivity contribution >= 4 is 30.3 Å². The van der Waals surface area contributed by atoms with Crippen LogP contribution in [0.15, 0.2) is 65.6 Å². The van der Waals surface area contributed by atoms with Gasteiger partial charge in [0.1, 0.15) is 0 Å². The van der Waals surface area contributed by atoms with Gasteiger partial charge in [0.15, 0.2) is 0 Å². The monoisotopic (exact) mass is 255 g/mol. The summed E-state index contributed by atoms with van der Waals surface area (Å²) >= 11 is 4.27. The summed E-state index contributed by atoms with van der Waals surface area (Å²) in [6.07, 6.45) is 3.28. The number of amides is 1. The summed E-state index contributed by atoms with van der Waals surface area (Å²) in [5.41, 5.74) is 1.70. The fraction of sp³-hybridized carbons (Fsp3) is 0. The van der Waals surface area contributed by atoms with E-state index in [4.69, 9.17) is 0 Å². The van der Waals surface area contributed by atoms with Crippen LogP contribution in [-0.4, -0.2) is 5.91 Å². The lowest BCUT2D eigenvalue weighted by Gasteiger charge is -2.04. The molecule has 2 aromatic rings. The van der Waals surface area contributed by atoms with Crippen molar-refractivity contribution < 1.29 is 4.79 Å². The Morgan fingerprint density at radius 2 is 1.67 bits per heavy atom. The van der Waals surface area contributed by atoms with Crippen LogP contribution in [0.4, 0.5) is 5.69 Å². The second-order valence-electron chi connectivity index (χ2n) is 3.75. The number of carbonyl (C=O) groups is 1. The minimum Gasteiger partial charge on any atom is -0.321 e. The minimum absolute atomic E-state index is 0.166. The minimum atomic E-state index is -0.166. The molecule has 0 bridgehead atoms. The molecule has 0 saturated carbocycles. The molecular weight excluding hydrogens is 242 g/mol. The van der Waals surface area contributed by atoms with Crippen molar-refractivity contribution in [2.24, 2.45) is 0 Å². The van der Waals surface area contributed by atoms with E-state index in [0.717, 1.165) is 10.5 Å². The number of anilines is 1. The molecule has 0 saturated heterocycles. The zero-order valence-corrected chi connectivity index (χ0v) is 10.6. The van der Waals surface area contributed by atoms with Gasteiger partial charge in [-0.3, -0.25) is 4.79 Å². The Morgan fingerprint density at radius 1 is 1.00 bits per heavy atom. The maximum atomic E-state index is 11.7. The van der Waals surface area contributed by atoms with Crippen LogP contribution < -0.4 is 5.32 Å². The highest BCUT2D eigenvalue weighted by molar-refractivity contribution is 7.80. The summed E-state index contributed by atoms with van der Waals surface area (Å²) in [6.45, 7) is 0. The summed E-state index contributed by atoms with van der Waals surface area (Å²) in [5.74, 6) is -0.166. The summed E-state index contributed by atoms with van der Waals surface area (Å²) < 4.78 is 0. The Morgan fingerprint density at radius 3 is 2.39 bits per heavy atom. The molecule has 3 heteroatoms. The predicted molar refractivity (Wildman–Crippen MR) is 77.8 cm³/mol. The molecule has 0 radical (unpaired) electrons. The first-order chi connectivity index (χ1) is 8.75. The summed E-state index contributed by atoms with van der Waals surface area (Å²) in [5, 5.41) is 2.78. The Kier molecular flexibility index (Phi) is 4.20. The van der Waals surface area contributed by atoms with Crippen LogP contribution in [0.25, 0.3) is 6.08 Å². The van der Waals surface area contributed by atoms with Crippen molar-refractivity contribution in [1.29, 1.82) is 0 Å². The van der Waals surface area contributed by atoms with Crippen molar-refractivity contribution in [2.75, 3.05) is 5.32 Å². The van der Waals surface area contributed by atoms with Crippen LogP contribution in [-0.2, 0) is 4.79 Å². The van der Waals surface area contributed by atoms with Gasteiger partial charge < -0.3 is 5.32 Å². The van der Waals surface area contributed by atoms with E-state index >= 15 is 0 Å². The third-order valence-corrected chi connectivity index (χ3v) is 2.78. The van der Waals surface area contributed by atoms with Gasteiger partial charge in [-0.25, -0.2) is 0 Å². The normalized spacial score (nSPS) is 10.5. The molecule has 0 aliphatic heterocycles. The van der Waals surface area contributed by atoms with Crippen LogP contribution in [0, 0.1) is 0 Å². The zero-order valence-electron chi connectivity index (χ0n) is 9.71. The van der Waals surface area contributed by atoms with E-state index in [9.17, 15) is 4.79 Å². The van der Waals surface area contributed by atoms with E-state index in [1.165, 1.54) is 6.08 Å². The van der Waals surface area contributed by atoms with Crippen LogP contribution >= 0.6 is 12.6 Å². The second-order valence-corrected chi connectivity index (χ2v) is 4.23. The molecule has 1 amide bonds. The fourth-order valence-corrected chi connectivity index (χ4v) is 1.71.